The second-order valence-corrected chi connectivity index (χ2v) is 3.67. The van der Waals surface area contributed by atoms with Gasteiger partial charge in [-0.05, 0) is 12.1 Å². The van der Waals surface area contributed by atoms with Crippen LogP contribution in [0.2, 0.25) is 0 Å². The molecule has 108 valence electrons. The number of halogens is 4. The van der Waals surface area contributed by atoms with Crippen LogP contribution in [-0.2, 0) is 6.18 Å². The van der Waals surface area contributed by atoms with E-state index in [0.717, 1.165) is 0 Å². The van der Waals surface area contributed by atoms with Crippen molar-refractivity contribution in [2.75, 3.05) is 5.32 Å². The van der Waals surface area contributed by atoms with Crippen LogP contribution in [0.3, 0.4) is 0 Å². The third kappa shape index (κ3) is 3.12. The van der Waals surface area contributed by atoms with E-state index in [1.807, 2.05) is 5.32 Å². The Morgan fingerprint density at radius 3 is 2.00 bits per heavy atom. The lowest BCUT2D eigenvalue weighted by Gasteiger charge is -2.13. The van der Waals surface area contributed by atoms with Gasteiger partial charge in [-0.1, -0.05) is 0 Å². The molecule has 0 amide bonds. The molecule has 0 radical (unpaired) electrons. The number of nitrogens with one attached hydrogen (secondary N) is 1. The van der Waals surface area contributed by atoms with Crippen LogP contribution < -0.4 is 5.32 Å². The zero-order valence-corrected chi connectivity index (χ0v) is 10.5. The molecule has 1 rings (SSSR count). The first-order chi connectivity index (χ1) is 10.3. The van der Waals surface area contributed by atoms with E-state index in [2.05, 4.69) is 0 Å². The van der Waals surface area contributed by atoms with Crippen LogP contribution in [0.1, 0.15) is 11.1 Å². The Hall–Kier alpha value is -3.56. The number of alkyl halides is 3. The Balaban J connectivity index is 3.59. The fourth-order valence-electron chi connectivity index (χ4n) is 1.42. The van der Waals surface area contributed by atoms with E-state index in [0.29, 0.717) is 12.1 Å². The zero-order valence-electron chi connectivity index (χ0n) is 10.5. The van der Waals surface area contributed by atoms with E-state index in [-0.39, 0.29) is 0 Å². The van der Waals surface area contributed by atoms with Gasteiger partial charge in [-0.3, -0.25) is 0 Å². The van der Waals surface area contributed by atoms with E-state index >= 15 is 0 Å². The molecule has 0 aliphatic rings. The van der Waals surface area contributed by atoms with Gasteiger partial charge < -0.3 is 5.32 Å². The molecule has 1 aromatic rings. The van der Waals surface area contributed by atoms with Crippen molar-refractivity contribution in [1.29, 1.82) is 21.0 Å². The Morgan fingerprint density at radius 1 is 1.00 bits per heavy atom. The first-order valence-corrected chi connectivity index (χ1v) is 5.31. The predicted octanol–water partition coefficient (Wildman–Crippen LogP) is 2.95. The number of anilines is 1. The molecule has 0 saturated heterocycles. The van der Waals surface area contributed by atoms with Crippen LogP contribution in [0, 0.1) is 51.1 Å². The second-order valence-electron chi connectivity index (χ2n) is 3.67. The molecule has 0 fully saturated rings. The van der Waals surface area contributed by atoms with E-state index in [1.54, 1.807) is 0 Å². The van der Waals surface area contributed by atoms with Gasteiger partial charge >= 0.3 is 6.18 Å². The summed E-state index contributed by atoms with van der Waals surface area (Å²) in [6, 6.07) is 6.56. The molecule has 0 saturated carbocycles. The molecule has 0 unspecified atom stereocenters. The number of rotatable bonds is 2. The lowest BCUT2D eigenvalue weighted by atomic mass is 10.1. The van der Waals surface area contributed by atoms with Crippen LogP contribution in [0.5, 0.6) is 0 Å². The lowest BCUT2D eigenvalue weighted by molar-refractivity contribution is -0.139. The summed E-state index contributed by atoms with van der Waals surface area (Å²) in [5.41, 5.74) is -4.63. The fourth-order valence-corrected chi connectivity index (χ4v) is 1.42. The smallest absolute Gasteiger partial charge is 0.342 e. The molecule has 1 aromatic carbocycles. The summed E-state index contributed by atoms with van der Waals surface area (Å²) in [5, 5.41) is 36.8. The van der Waals surface area contributed by atoms with Gasteiger partial charge in [-0.2, -0.15) is 34.2 Å². The Bertz CT molecular complexity index is 794. The van der Waals surface area contributed by atoms with E-state index < -0.39 is 40.1 Å². The normalized spacial score (nSPS) is 9.64. The number of hydrogen-bond acceptors (Lipinski definition) is 5. The van der Waals surface area contributed by atoms with Crippen molar-refractivity contribution in [3.8, 4) is 24.3 Å². The molecule has 0 spiro atoms. The zero-order chi connectivity index (χ0) is 16.9. The Morgan fingerprint density at radius 2 is 1.59 bits per heavy atom. The van der Waals surface area contributed by atoms with E-state index in [9.17, 15) is 17.6 Å². The molecular weight excluding hydrogens is 302 g/mol. The molecule has 0 bridgehead atoms. The van der Waals surface area contributed by atoms with Gasteiger partial charge in [0.2, 0.25) is 0 Å². The van der Waals surface area contributed by atoms with Gasteiger partial charge in [-0.15, -0.1) is 0 Å². The molecule has 0 aliphatic carbocycles. The quantitative estimate of drug-likeness (QED) is 0.667. The monoisotopic (exact) mass is 305 g/mol. The molecule has 1 N–H and O–H groups in total. The van der Waals surface area contributed by atoms with Crippen LogP contribution in [0.25, 0.3) is 0 Å². The molecule has 22 heavy (non-hydrogen) atoms. The minimum Gasteiger partial charge on any atom is -0.342 e. The van der Waals surface area contributed by atoms with Crippen molar-refractivity contribution < 1.29 is 17.6 Å². The standard InChI is InChI=1S/C13H3F4N5/c14-11-9(13(15,16)17)2-1-7(3-18)12(11)22-10(6-21)8(4-19)5-20/h1-2,22H. The van der Waals surface area contributed by atoms with Gasteiger partial charge in [0.15, 0.2) is 11.4 Å². The molecule has 0 heterocycles. The summed E-state index contributed by atoms with van der Waals surface area (Å²) >= 11 is 0. The highest BCUT2D eigenvalue weighted by Gasteiger charge is 2.36. The summed E-state index contributed by atoms with van der Waals surface area (Å²) in [4.78, 5) is 0. The molecule has 9 heteroatoms. The average molecular weight is 305 g/mol. The first-order valence-electron chi connectivity index (χ1n) is 5.31. The molecule has 0 aliphatic heterocycles. The van der Waals surface area contributed by atoms with Gasteiger partial charge in [0.1, 0.15) is 30.0 Å². The third-order valence-electron chi connectivity index (χ3n) is 2.40. The summed E-state index contributed by atoms with van der Waals surface area (Å²) in [5.74, 6) is -1.81. The maximum absolute atomic E-state index is 14.0. The van der Waals surface area contributed by atoms with Crippen LogP contribution in [-0.4, -0.2) is 0 Å². The van der Waals surface area contributed by atoms with Crippen molar-refractivity contribution in [2.45, 2.75) is 6.18 Å². The third-order valence-corrected chi connectivity index (χ3v) is 2.40. The van der Waals surface area contributed by atoms with E-state index in [1.165, 1.54) is 24.3 Å². The van der Waals surface area contributed by atoms with Gasteiger partial charge in [0.05, 0.1) is 16.8 Å². The number of nitrogens with zero attached hydrogens (tertiary/aromatic N) is 4. The van der Waals surface area contributed by atoms with Crippen LogP contribution in [0.4, 0.5) is 23.2 Å². The van der Waals surface area contributed by atoms with Crippen LogP contribution >= 0.6 is 0 Å². The summed E-state index contributed by atoms with van der Waals surface area (Å²) in [7, 11) is 0. The average Bonchev–Trinajstić information content (AvgIpc) is 2.47. The molecule has 0 atom stereocenters. The van der Waals surface area contributed by atoms with Crippen molar-refractivity contribution in [2.24, 2.45) is 0 Å². The maximum Gasteiger partial charge on any atom is 0.419 e. The number of nitriles is 4. The topological polar surface area (TPSA) is 107 Å². The van der Waals surface area contributed by atoms with Crippen molar-refractivity contribution in [3.05, 3.63) is 40.3 Å². The number of allylic oxidation sites excluding steroid dienone is 2. The molecule has 5 nitrogen and oxygen atoms in total. The molecule has 0 aromatic heterocycles. The van der Waals surface area contributed by atoms with Crippen molar-refractivity contribution >= 4 is 5.69 Å². The second kappa shape index (κ2) is 6.26. The SMILES string of the molecule is N#CC(C#N)=C(C#N)Nc1c(C#N)ccc(C(F)(F)F)c1F. The van der Waals surface area contributed by atoms with Crippen molar-refractivity contribution in [3.63, 3.8) is 0 Å². The van der Waals surface area contributed by atoms with Gasteiger partial charge in [-0.25, -0.2) is 4.39 Å². The summed E-state index contributed by atoms with van der Waals surface area (Å²) in [6.07, 6.45) is -5.02. The first kappa shape index (κ1) is 16.5. The van der Waals surface area contributed by atoms with Crippen molar-refractivity contribution in [1.82, 2.24) is 0 Å². The van der Waals surface area contributed by atoms with E-state index in [4.69, 9.17) is 21.0 Å². The highest BCUT2D eigenvalue weighted by molar-refractivity contribution is 5.66. The fraction of sp³-hybridized carbons (Fsp3) is 0.0769. The minimum absolute atomic E-state index is 0.379. The summed E-state index contributed by atoms with van der Waals surface area (Å²) in [6.45, 7) is 0. The highest BCUT2D eigenvalue weighted by atomic mass is 19.4. The number of hydrogen-bond donors (Lipinski definition) is 1. The summed E-state index contributed by atoms with van der Waals surface area (Å²) < 4.78 is 51.9. The Labute approximate surface area is 121 Å². The minimum atomic E-state index is -5.02. The predicted molar refractivity (Wildman–Crippen MR) is 63.6 cm³/mol. The maximum atomic E-state index is 14.0. The largest absolute Gasteiger partial charge is 0.419 e. The lowest BCUT2D eigenvalue weighted by Crippen LogP contribution is -2.12. The number of benzene rings is 1. The molecular formula is C13H3F4N5. The Kier molecular flexibility index (Phi) is 4.69. The van der Waals surface area contributed by atoms with Gasteiger partial charge in [0.25, 0.3) is 0 Å². The highest BCUT2D eigenvalue weighted by Crippen LogP contribution is 2.35. The van der Waals surface area contributed by atoms with Crippen LogP contribution in [0.15, 0.2) is 23.4 Å². The van der Waals surface area contributed by atoms with Gasteiger partial charge in [0, 0.05) is 0 Å².